The van der Waals surface area contributed by atoms with E-state index in [1.807, 2.05) is 0 Å². The third kappa shape index (κ3) is 2.57. The zero-order chi connectivity index (χ0) is 16.4. The number of para-hydroxylation sites is 1. The Kier molecular flexibility index (Phi) is 3.84. The van der Waals surface area contributed by atoms with Crippen LogP contribution < -0.4 is 9.47 Å². The number of benzene rings is 2. The molecule has 2 aromatic carbocycles. The third-order valence-corrected chi connectivity index (χ3v) is 3.39. The predicted molar refractivity (Wildman–Crippen MR) is 81.5 cm³/mol. The molecule has 0 bridgehead atoms. The Labute approximate surface area is 131 Å². The van der Waals surface area contributed by atoms with Gasteiger partial charge >= 0.3 is 6.01 Å². The fraction of sp³-hybridized carbons (Fsp3) is 0.125. The van der Waals surface area contributed by atoms with Crippen LogP contribution in [0.15, 0.2) is 42.5 Å². The highest BCUT2D eigenvalue weighted by Gasteiger charge is 2.20. The molecule has 1 N–H and O–H groups in total. The molecule has 3 aromatic rings. The second kappa shape index (κ2) is 5.96. The molecule has 3 rings (SSSR count). The zero-order valence-electron chi connectivity index (χ0n) is 12.5. The number of rotatable bonds is 4. The van der Waals surface area contributed by atoms with Crippen LogP contribution in [-0.2, 0) is 0 Å². The summed E-state index contributed by atoms with van der Waals surface area (Å²) in [4.78, 5) is 0. The molecule has 0 amide bonds. The van der Waals surface area contributed by atoms with E-state index in [1.165, 1.54) is 23.8 Å². The summed E-state index contributed by atoms with van der Waals surface area (Å²) >= 11 is 0. The minimum absolute atomic E-state index is 0.142. The summed E-state index contributed by atoms with van der Waals surface area (Å²) in [5.41, 5.74) is 0.687. The monoisotopic (exact) mass is 315 g/mol. The highest BCUT2D eigenvalue weighted by molar-refractivity contribution is 5.68. The van der Waals surface area contributed by atoms with Crippen LogP contribution in [0.3, 0.4) is 0 Å². The molecule has 23 heavy (non-hydrogen) atoms. The molecule has 0 aliphatic heterocycles. The van der Waals surface area contributed by atoms with Crippen molar-refractivity contribution in [3.8, 4) is 34.6 Å². The molecule has 0 radical (unpaired) electrons. The van der Waals surface area contributed by atoms with Crippen molar-refractivity contribution in [2.45, 2.75) is 0 Å². The molecular formula is C16H14FN3O3. The Hall–Kier alpha value is -3.09. The van der Waals surface area contributed by atoms with E-state index in [4.69, 9.17) is 9.47 Å². The SMILES string of the molecule is COc1ccc(-c2nnc(O)n2-c2ccccc2F)c(OC)c1. The number of nitrogens with zero attached hydrogens (tertiary/aromatic N) is 3. The van der Waals surface area contributed by atoms with E-state index in [0.717, 1.165) is 0 Å². The van der Waals surface area contributed by atoms with Gasteiger partial charge in [0.15, 0.2) is 5.82 Å². The standard InChI is InChI=1S/C16H14FN3O3/c1-22-10-7-8-11(14(9-10)23-2)15-18-19-16(21)20(15)13-6-4-3-5-12(13)17/h3-9H,1-2H3,(H,19,21). The largest absolute Gasteiger partial charge is 0.497 e. The van der Waals surface area contributed by atoms with Gasteiger partial charge in [-0.3, -0.25) is 0 Å². The zero-order valence-corrected chi connectivity index (χ0v) is 12.5. The van der Waals surface area contributed by atoms with E-state index in [0.29, 0.717) is 17.1 Å². The van der Waals surface area contributed by atoms with Gasteiger partial charge in [0, 0.05) is 6.07 Å². The van der Waals surface area contributed by atoms with E-state index in [-0.39, 0.29) is 11.5 Å². The molecule has 0 atom stereocenters. The average Bonchev–Trinajstić information content (AvgIpc) is 2.96. The van der Waals surface area contributed by atoms with Gasteiger partial charge in [-0.2, -0.15) is 0 Å². The maximum Gasteiger partial charge on any atom is 0.319 e. The van der Waals surface area contributed by atoms with Gasteiger partial charge < -0.3 is 14.6 Å². The highest BCUT2D eigenvalue weighted by atomic mass is 19.1. The van der Waals surface area contributed by atoms with Crippen LogP contribution in [0.4, 0.5) is 4.39 Å². The second-order valence-electron chi connectivity index (χ2n) is 4.68. The maximum absolute atomic E-state index is 14.1. The van der Waals surface area contributed by atoms with Crippen molar-refractivity contribution >= 4 is 0 Å². The van der Waals surface area contributed by atoms with Gasteiger partial charge in [-0.25, -0.2) is 8.96 Å². The van der Waals surface area contributed by atoms with Gasteiger partial charge in [-0.15, -0.1) is 5.10 Å². The lowest BCUT2D eigenvalue weighted by Gasteiger charge is -2.12. The summed E-state index contributed by atoms with van der Waals surface area (Å²) in [6, 6.07) is 10.7. The van der Waals surface area contributed by atoms with Crippen LogP contribution >= 0.6 is 0 Å². The van der Waals surface area contributed by atoms with Crippen LogP contribution in [-0.4, -0.2) is 34.1 Å². The Balaban J connectivity index is 2.22. The molecular weight excluding hydrogens is 301 g/mol. The molecule has 1 heterocycles. The minimum atomic E-state index is -0.503. The Morgan fingerprint density at radius 1 is 1.04 bits per heavy atom. The molecule has 0 unspecified atom stereocenters. The number of halogens is 1. The normalized spacial score (nSPS) is 10.6. The number of hydrogen-bond donors (Lipinski definition) is 1. The van der Waals surface area contributed by atoms with Crippen molar-refractivity contribution < 1.29 is 19.0 Å². The van der Waals surface area contributed by atoms with Crippen LogP contribution in [0.5, 0.6) is 17.5 Å². The lowest BCUT2D eigenvalue weighted by Crippen LogP contribution is -2.01. The fourth-order valence-electron chi connectivity index (χ4n) is 2.29. The Morgan fingerprint density at radius 3 is 2.52 bits per heavy atom. The summed E-state index contributed by atoms with van der Waals surface area (Å²) in [7, 11) is 3.05. The van der Waals surface area contributed by atoms with Gasteiger partial charge in [0.1, 0.15) is 17.3 Å². The molecule has 6 nitrogen and oxygen atoms in total. The second-order valence-corrected chi connectivity index (χ2v) is 4.68. The van der Waals surface area contributed by atoms with E-state index in [2.05, 4.69) is 10.2 Å². The summed E-state index contributed by atoms with van der Waals surface area (Å²) in [5.74, 6) is 0.824. The van der Waals surface area contributed by atoms with Crippen LogP contribution in [0.1, 0.15) is 0 Å². The fourth-order valence-corrected chi connectivity index (χ4v) is 2.29. The van der Waals surface area contributed by atoms with Crippen molar-refractivity contribution in [1.82, 2.24) is 14.8 Å². The molecule has 0 spiro atoms. The summed E-state index contributed by atoms with van der Waals surface area (Å²) in [6.07, 6.45) is 0. The summed E-state index contributed by atoms with van der Waals surface area (Å²) in [6.45, 7) is 0. The van der Waals surface area contributed by atoms with Gasteiger partial charge in [0.25, 0.3) is 0 Å². The topological polar surface area (TPSA) is 69.4 Å². The molecule has 0 saturated heterocycles. The number of aromatic nitrogens is 3. The minimum Gasteiger partial charge on any atom is -0.497 e. The first-order valence-corrected chi connectivity index (χ1v) is 6.77. The number of ether oxygens (including phenoxy) is 2. The molecule has 0 fully saturated rings. The smallest absolute Gasteiger partial charge is 0.319 e. The van der Waals surface area contributed by atoms with E-state index in [9.17, 15) is 9.50 Å². The first-order chi connectivity index (χ1) is 11.2. The molecule has 118 valence electrons. The number of aromatic hydroxyl groups is 1. The van der Waals surface area contributed by atoms with Crippen molar-refractivity contribution in [3.63, 3.8) is 0 Å². The van der Waals surface area contributed by atoms with Crippen molar-refractivity contribution in [1.29, 1.82) is 0 Å². The number of methoxy groups -OCH3 is 2. The molecule has 0 aliphatic rings. The van der Waals surface area contributed by atoms with Crippen molar-refractivity contribution in [2.75, 3.05) is 14.2 Å². The van der Waals surface area contributed by atoms with Gasteiger partial charge in [0.05, 0.1) is 25.5 Å². The highest BCUT2D eigenvalue weighted by Crippen LogP contribution is 2.35. The average molecular weight is 315 g/mol. The van der Waals surface area contributed by atoms with Crippen molar-refractivity contribution in [3.05, 3.63) is 48.3 Å². The first kappa shape index (κ1) is 14.8. The molecule has 1 aromatic heterocycles. The molecule has 0 saturated carbocycles. The third-order valence-electron chi connectivity index (χ3n) is 3.39. The number of hydrogen-bond acceptors (Lipinski definition) is 5. The Morgan fingerprint density at radius 2 is 1.83 bits per heavy atom. The van der Waals surface area contributed by atoms with E-state index in [1.54, 1.807) is 37.4 Å². The van der Waals surface area contributed by atoms with Gasteiger partial charge in [0.2, 0.25) is 0 Å². The van der Waals surface area contributed by atoms with E-state index >= 15 is 0 Å². The van der Waals surface area contributed by atoms with Gasteiger partial charge in [-0.05, 0) is 24.3 Å². The van der Waals surface area contributed by atoms with Crippen LogP contribution in [0.25, 0.3) is 17.1 Å². The quantitative estimate of drug-likeness (QED) is 0.802. The van der Waals surface area contributed by atoms with Gasteiger partial charge in [-0.1, -0.05) is 17.2 Å². The lowest BCUT2D eigenvalue weighted by molar-refractivity contribution is 0.395. The lowest BCUT2D eigenvalue weighted by atomic mass is 10.1. The molecule has 0 aliphatic carbocycles. The summed E-state index contributed by atoms with van der Waals surface area (Å²) in [5, 5.41) is 17.6. The Bertz CT molecular complexity index is 848. The van der Waals surface area contributed by atoms with Crippen molar-refractivity contribution in [2.24, 2.45) is 0 Å². The van der Waals surface area contributed by atoms with Crippen LogP contribution in [0.2, 0.25) is 0 Å². The maximum atomic E-state index is 14.1. The predicted octanol–water partition coefficient (Wildman–Crippen LogP) is 2.80. The summed E-state index contributed by atoms with van der Waals surface area (Å²) < 4.78 is 25.8. The van der Waals surface area contributed by atoms with E-state index < -0.39 is 11.8 Å². The first-order valence-electron chi connectivity index (χ1n) is 6.77. The van der Waals surface area contributed by atoms with Crippen LogP contribution in [0, 0.1) is 5.82 Å². The molecule has 7 heteroatoms.